The number of hydrogen-bond donors (Lipinski definition) is 2. The summed E-state index contributed by atoms with van der Waals surface area (Å²) >= 11 is 0. The van der Waals surface area contributed by atoms with Gasteiger partial charge in [-0.2, -0.15) is 0 Å². The van der Waals surface area contributed by atoms with Gasteiger partial charge in [-0.1, -0.05) is 24.1 Å². The Kier molecular flexibility index (Phi) is 7.51. The number of sulfonamides is 1. The fourth-order valence-corrected chi connectivity index (χ4v) is 3.68. The average molecular weight is 436 g/mol. The van der Waals surface area contributed by atoms with E-state index in [0.717, 1.165) is 0 Å². The van der Waals surface area contributed by atoms with Gasteiger partial charge in [0, 0.05) is 36.7 Å². The zero-order chi connectivity index (χ0) is 22.1. The van der Waals surface area contributed by atoms with E-state index in [4.69, 9.17) is 4.74 Å². The molecule has 0 radical (unpaired) electrons. The zero-order valence-electron chi connectivity index (χ0n) is 16.8. The Morgan fingerprint density at radius 2 is 1.87 bits per heavy atom. The lowest BCUT2D eigenvalue weighted by Gasteiger charge is -2.09. The van der Waals surface area contributed by atoms with Crippen molar-refractivity contribution >= 4 is 21.6 Å². The molecule has 3 aromatic rings. The number of pyridine rings is 1. The summed E-state index contributed by atoms with van der Waals surface area (Å²) in [6, 6.07) is 18.4. The molecule has 31 heavy (non-hydrogen) atoms. The minimum Gasteiger partial charge on any atom is -0.383 e. The van der Waals surface area contributed by atoms with Crippen molar-refractivity contribution < 1.29 is 17.9 Å². The van der Waals surface area contributed by atoms with Gasteiger partial charge >= 0.3 is 0 Å². The number of aromatic nitrogens is 1. The molecule has 0 aliphatic heterocycles. The fourth-order valence-electron chi connectivity index (χ4n) is 2.62. The molecule has 0 aliphatic rings. The van der Waals surface area contributed by atoms with Gasteiger partial charge in [-0.15, -0.1) is 0 Å². The van der Waals surface area contributed by atoms with E-state index in [1.807, 2.05) is 24.3 Å². The molecule has 0 unspecified atom stereocenters. The summed E-state index contributed by atoms with van der Waals surface area (Å²) in [5, 5.41) is 2.77. The van der Waals surface area contributed by atoms with E-state index in [1.54, 1.807) is 30.5 Å². The van der Waals surface area contributed by atoms with Gasteiger partial charge in [-0.3, -0.25) is 4.79 Å². The highest BCUT2D eigenvalue weighted by Crippen LogP contribution is 2.15. The molecular weight excluding hydrogens is 414 g/mol. The molecule has 3 rings (SSSR count). The first-order chi connectivity index (χ1) is 15.0. The highest BCUT2D eigenvalue weighted by Gasteiger charge is 2.16. The Morgan fingerprint density at radius 3 is 2.65 bits per heavy atom. The largest absolute Gasteiger partial charge is 0.383 e. The Bertz CT molecular complexity index is 1220. The lowest BCUT2D eigenvalue weighted by Crippen LogP contribution is -2.27. The van der Waals surface area contributed by atoms with Crippen LogP contribution in [-0.2, 0) is 14.8 Å². The van der Waals surface area contributed by atoms with Gasteiger partial charge in [-0.25, -0.2) is 18.1 Å². The number of hydrogen-bond acceptors (Lipinski definition) is 5. The van der Waals surface area contributed by atoms with Crippen LogP contribution in [0.15, 0.2) is 77.8 Å². The number of nitrogens with zero attached hydrogens (tertiary/aromatic N) is 1. The summed E-state index contributed by atoms with van der Waals surface area (Å²) in [4.78, 5) is 16.8. The van der Waals surface area contributed by atoms with Gasteiger partial charge in [0.25, 0.3) is 5.91 Å². The highest BCUT2D eigenvalue weighted by molar-refractivity contribution is 7.89. The number of amides is 1. The molecule has 7 nitrogen and oxygen atoms in total. The summed E-state index contributed by atoms with van der Waals surface area (Å²) in [6.45, 7) is 0.389. The summed E-state index contributed by atoms with van der Waals surface area (Å²) < 4.78 is 32.0. The molecule has 0 fully saturated rings. The maximum absolute atomic E-state index is 12.7. The van der Waals surface area contributed by atoms with Crippen LogP contribution in [0.25, 0.3) is 0 Å². The average Bonchev–Trinajstić information content (AvgIpc) is 2.79. The number of carbonyl (C=O) groups is 1. The van der Waals surface area contributed by atoms with E-state index >= 15 is 0 Å². The van der Waals surface area contributed by atoms with Gasteiger partial charge in [0.15, 0.2) is 0 Å². The maximum atomic E-state index is 12.7. The van der Waals surface area contributed by atoms with Gasteiger partial charge in [0.05, 0.1) is 11.5 Å². The summed E-state index contributed by atoms with van der Waals surface area (Å²) in [5.41, 5.74) is 2.13. The zero-order valence-corrected chi connectivity index (χ0v) is 17.6. The van der Waals surface area contributed by atoms with Gasteiger partial charge in [0.1, 0.15) is 5.69 Å². The van der Waals surface area contributed by atoms with E-state index in [1.165, 1.54) is 25.3 Å². The first-order valence-electron chi connectivity index (χ1n) is 9.41. The minimum absolute atomic E-state index is 0.00577. The molecule has 0 spiro atoms. The second kappa shape index (κ2) is 10.5. The van der Waals surface area contributed by atoms with E-state index in [9.17, 15) is 13.2 Å². The molecule has 8 heteroatoms. The Hall–Kier alpha value is -3.51. The molecule has 158 valence electrons. The molecule has 0 saturated carbocycles. The maximum Gasteiger partial charge on any atom is 0.255 e. The first kappa shape index (κ1) is 22.2. The van der Waals surface area contributed by atoms with E-state index in [0.29, 0.717) is 16.9 Å². The van der Waals surface area contributed by atoms with Crippen molar-refractivity contribution in [3.05, 3.63) is 89.7 Å². The summed E-state index contributed by atoms with van der Waals surface area (Å²) in [5.74, 6) is 5.54. The fraction of sp³-hybridized carbons (Fsp3) is 0.130. The van der Waals surface area contributed by atoms with Crippen LogP contribution in [0.2, 0.25) is 0 Å². The monoisotopic (exact) mass is 435 g/mol. The lowest BCUT2D eigenvalue weighted by atomic mass is 10.1. The van der Waals surface area contributed by atoms with Crippen LogP contribution in [0.4, 0.5) is 5.69 Å². The smallest absolute Gasteiger partial charge is 0.255 e. The molecule has 1 amide bonds. The molecule has 2 aromatic carbocycles. The van der Waals surface area contributed by atoms with E-state index < -0.39 is 15.9 Å². The quantitative estimate of drug-likeness (QED) is 0.439. The predicted octanol–water partition coefficient (Wildman–Crippen LogP) is 2.66. The third-order valence-corrected chi connectivity index (χ3v) is 5.58. The second-order valence-corrected chi connectivity index (χ2v) is 8.19. The number of rotatable bonds is 7. The Labute approximate surface area is 181 Å². The predicted molar refractivity (Wildman–Crippen MR) is 118 cm³/mol. The summed E-state index contributed by atoms with van der Waals surface area (Å²) in [7, 11) is -2.25. The number of carbonyl (C=O) groups excluding carboxylic acids is 1. The molecule has 1 aromatic heterocycles. The van der Waals surface area contributed by atoms with Crippen LogP contribution in [0.1, 0.15) is 21.6 Å². The van der Waals surface area contributed by atoms with Crippen molar-refractivity contribution in [3.63, 3.8) is 0 Å². The number of benzene rings is 2. The molecule has 1 heterocycles. The van der Waals surface area contributed by atoms with Crippen LogP contribution in [-0.4, -0.2) is 39.6 Å². The van der Waals surface area contributed by atoms with Crippen molar-refractivity contribution in [2.24, 2.45) is 0 Å². The molecule has 0 bridgehead atoms. The standard InChI is InChI=1S/C23H21N3O4S/c1-30-15-14-25-31(28,29)22-10-5-7-19(17-22)23(27)26-21-9-4-6-18(16-21)11-12-20-8-2-3-13-24-20/h2-10,13,16-17,25H,14-15H2,1H3,(H,26,27). The lowest BCUT2D eigenvalue weighted by molar-refractivity contribution is 0.102. The van der Waals surface area contributed by atoms with Crippen molar-refractivity contribution in [1.29, 1.82) is 0 Å². The van der Waals surface area contributed by atoms with Crippen LogP contribution >= 0.6 is 0 Å². The van der Waals surface area contributed by atoms with Crippen molar-refractivity contribution in [2.45, 2.75) is 4.90 Å². The minimum atomic E-state index is -3.74. The molecule has 0 atom stereocenters. The van der Waals surface area contributed by atoms with Gasteiger partial charge in [-0.05, 0) is 54.5 Å². The number of nitrogens with one attached hydrogen (secondary N) is 2. The SMILES string of the molecule is COCCNS(=O)(=O)c1cccc(C(=O)Nc2cccc(C#Cc3ccccn3)c2)c1. The highest BCUT2D eigenvalue weighted by atomic mass is 32.2. The van der Waals surface area contributed by atoms with Crippen molar-refractivity contribution in [3.8, 4) is 11.8 Å². The molecule has 0 aliphatic carbocycles. The second-order valence-electron chi connectivity index (χ2n) is 6.42. The molecular formula is C23H21N3O4S. The van der Waals surface area contributed by atoms with Crippen LogP contribution in [0.5, 0.6) is 0 Å². The topological polar surface area (TPSA) is 97.4 Å². The van der Waals surface area contributed by atoms with Crippen LogP contribution < -0.4 is 10.0 Å². The number of ether oxygens (including phenoxy) is 1. The Morgan fingerprint density at radius 1 is 1.03 bits per heavy atom. The molecule has 2 N–H and O–H groups in total. The third-order valence-electron chi connectivity index (χ3n) is 4.13. The number of methoxy groups -OCH3 is 1. The van der Waals surface area contributed by atoms with Gasteiger partial charge < -0.3 is 10.1 Å². The van der Waals surface area contributed by atoms with E-state index in [-0.39, 0.29) is 23.6 Å². The van der Waals surface area contributed by atoms with Crippen molar-refractivity contribution in [2.75, 3.05) is 25.6 Å². The van der Waals surface area contributed by atoms with Crippen LogP contribution in [0, 0.1) is 11.8 Å². The van der Waals surface area contributed by atoms with Crippen LogP contribution in [0.3, 0.4) is 0 Å². The van der Waals surface area contributed by atoms with Gasteiger partial charge in [0.2, 0.25) is 10.0 Å². The number of anilines is 1. The third kappa shape index (κ3) is 6.49. The van der Waals surface area contributed by atoms with Crippen molar-refractivity contribution in [1.82, 2.24) is 9.71 Å². The molecule has 0 saturated heterocycles. The summed E-state index contributed by atoms with van der Waals surface area (Å²) in [6.07, 6.45) is 1.67. The normalized spacial score (nSPS) is 10.7. The first-order valence-corrected chi connectivity index (χ1v) is 10.9. The van der Waals surface area contributed by atoms with E-state index in [2.05, 4.69) is 26.9 Å². The Balaban J connectivity index is 1.73.